The molecule has 1 saturated carbocycles. The van der Waals surface area contributed by atoms with Gasteiger partial charge in [-0.25, -0.2) is 9.37 Å². The monoisotopic (exact) mass is 459 g/mol. The van der Waals surface area contributed by atoms with Gasteiger partial charge in [-0.05, 0) is 70.4 Å². The maximum Gasteiger partial charge on any atom is 0.273 e. The lowest BCUT2D eigenvalue weighted by Crippen LogP contribution is -2.28. The van der Waals surface area contributed by atoms with Gasteiger partial charge in [0.15, 0.2) is 17.8 Å². The van der Waals surface area contributed by atoms with Crippen molar-refractivity contribution in [3.8, 4) is 17.1 Å². The summed E-state index contributed by atoms with van der Waals surface area (Å²) in [5.41, 5.74) is 1.72. The molecular weight excluding hydrogens is 441 g/mol. The summed E-state index contributed by atoms with van der Waals surface area (Å²) in [6, 6.07) is 6.93. The molecule has 1 aliphatic carbocycles. The summed E-state index contributed by atoms with van der Waals surface area (Å²) in [6.07, 6.45) is 6.79. The Morgan fingerprint density at radius 2 is 2.17 bits per heavy atom. The number of methoxy groups -OCH3 is 1. The van der Waals surface area contributed by atoms with Crippen molar-refractivity contribution in [2.24, 2.45) is 0 Å². The van der Waals surface area contributed by atoms with Gasteiger partial charge in [-0.3, -0.25) is 9.78 Å². The van der Waals surface area contributed by atoms with Crippen LogP contribution in [0.25, 0.3) is 11.3 Å². The van der Waals surface area contributed by atoms with Gasteiger partial charge >= 0.3 is 0 Å². The minimum absolute atomic E-state index is 0.101. The Kier molecular flexibility index (Phi) is 5.36. The number of rotatable bonds is 7. The van der Waals surface area contributed by atoms with Crippen LogP contribution in [0.1, 0.15) is 35.3 Å². The number of pyridine rings is 1. The lowest BCUT2D eigenvalue weighted by Gasteiger charge is -2.15. The molecule has 0 unspecified atom stereocenters. The molecular formula is C21H19BrFN3O3. The largest absolute Gasteiger partial charge is 0.496 e. The highest BCUT2D eigenvalue weighted by Crippen LogP contribution is 2.50. The third-order valence-corrected chi connectivity index (χ3v) is 5.88. The van der Waals surface area contributed by atoms with Crippen LogP contribution in [0.3, 0.4) is 0 Å². The zero-order valence-corrected chi connectivity index (χ0v) is 17.3. The number of hydrogen-bond donors (Lipinski definition) is 1. The van der Waals surface area contributed by atoms with Crippen molar-refractivity contribution in [1.29, 1.82) is 0 Å². The second-order valence-electron chi connectivity index (χ2n) is 7.06. The lowest BCUT2D eigenvalue weighted by atomic mass is 9.94. The molecule has 1 amide bonds. The predicted octanol–water partition coefficient (Wildman–Crippen LogP) is 4.50. The molecule has 6 nitrogen and oxygen atoms in total. The van der Waals surface area contributed by atoms with E-state index in [4.69, 9.17) is 9.15 Å². The molecule has 4 rings (SSSR count). The van der Waals surface area contributed by atoms with E-state index in [9.17, 15) is 9.18 Å². The van der Waals surface area contributed by atoms with Crippen molar-refractivity contribution in [2.75, 3.05) is 13.7 Å². The molecule has 0 radical (unpaired) electrons. The van der Waals surface area contributed by atoms with E-state index in [1.165, 1.54) is 18.7 Å². The maximum absolute atomic E-state index is 13.5. The van der Waals surface area contributed by atoms with Gasteiger partial charge in [0.05, 0.1) is 17.8 Å². The fourth-order valence-electron chi connectivity index (χ4n) is 3.46. The number of amides is 1. The summed E-state index contributed by atoms with van der Waals surface area (Å²) < 4.78 is 24.9. The molecule has 1 aliphatic rings. The third kappa shape index (κ3) is 4.03. The SMILES string of the molecule is COc1ccc(-c2ocnc2C(=O)NCCC2(c3cncc(F)c3)CC2)cc1Br. The molecule has 2 heterocycles. The number of hydrogen-bond acceptors (Lipinski definition) is 5. The Morgan fingerprint density at radius 3 is 2.86 bits per heavy atom. The first kappa shape index (κ1) is 19.6. The second-order valence-corrected chi connectivity index (χ2v) is 7.91. The van der Waals surface area contributed by atoms with Crippen LogP contribution in [0.5, 0.6) is 5.75 Å². The van der Waals surface area contributed by atoms with Gasteiger partial charge in [-0.2, -0.15) is 0 Å². The number of carbonyl (C=O) groups excluding carboxylic acids is 1. The molecule has 150 valence electrons. The fourth-order valence-corrected chi connectivity index (χ4v) is 4.00. The molecule has 0 bridgehead atoms. The smallest absolute Gasteiger partial charge is 0.273 e. The number of halogens is 2. The van der Waals surface area contributed by atoms with E-state index in [0.29, 0.717) is 30.0 Å². The van der Waals surface area contributed by atoms with Crippen LogP contribution < -0.4 is 10.1 Å². The minimum atomic E-state index is -0.337. The van der Waals surface area contributed by atoms with Crippen LogP contribution in [0.2, 0.25) is 0 Å². The minimum Gasteiger partial charge on any atom is -0.496 e. The highest BCUT2D eigenvalue weighted by Gasteiger charge is 2.44. The zero-order valence-electron chi connectivity index (χ0n) is 15.7. The first-order chi connectivity index (χ1) is 14.0. The summed E-state index contributed by atoms with van der Waals surface area (Å²) in [6.45, 7) is 0.452. The molecule has 29 heavy (non-hydrogen) atoms. The highest BCUT2D eigenvalue weighted by atomic mass is 79.9. The Balaban J connectivity index is 1.43. The van der Waals surface area contributed by atoms with Gasteiger partial charge in [0.25, 0.3) is 5.91 Å². The molecule has 1 N–H and O–H groups in total. The highest BCUT2D eigenvalue weighted by molar-refractivity contribution is 9.10. The van der Waals surface area contributed by atoms with E-state index in [1.807, 2.05) is 6.07 Å². The van der Waals surface area contributed by atoms with E-state index in [0.717, 1.165) is 22.9 Å². The van der Waals surface area contributed by atoms with Crippen LogP contribution >= 0.6 is 15.9 Å². The number of benzene rings is 1. The normalized spacial score (nSPS) is 14.4. The number of ether oxygens (including phenoxy) is 1. The van der Waals surface area contributed by atoms with Crippen LogP contribution in [0.4, 0.5) is 4.39 Å². The Labute approximate surface area is 175 Å². The van der Waals surface area contributed by atoms with Gasteiger partial charge in [0.1, 0.15) is 11.6 Å². The zero-order chi connectivity index (χ0) is 20.4. The average molecular weight is 460 g/mol. The van der Waals surface area contributed by atoms with Crippen LogP contribution in [0, 0.1) is 5.82 Å². The molecule has 1 fully saturated rings. The van der Waals surface area contributed by atoms with Gasteiger partial charge in [0, 0.05) is 18.3 Å². The number of oxazole rings is 1. The molecule has 0 aliphatic heterocycles. The van der Waals surface area contributed by atoms with E-state index < -0.39 is 0 Å². The van der Waals surface area contributed by atoms with Crippen molar-refractivity contribution < 1.29 is 18.3 Å². The summed E-state index contributed by atoms with van der Waals surface area (Å²) in [7, 11) is 1.58. The lowest BCUT2D eigenvalue weighted by molar-refractivity contribution is 0.0948. The van der Waals surface area contributed by atoms with Gasteiger partial charge in [-0.1, -0.05) is 0 Å². The van der Waals surface area contributed by atoms with Crippen LogP contribution in [-0.2, 0) is 5.41 Å². The number of nitrogens with one attached hydrogen (secondary N) is 1. The number of carbonyl (C=O) groups is 1. The summed E-state index contributed by atoms with van der Waals surface area (Å²) in [5, 5.41) is 2.90. The van der Waals surface area contributed by atoms with Crippen molar-refractivity contribution in [3.05, 3.63) is 64.6 Å². The maximum atomic E-state index is 13.5. The third-order valence-electron chi connectivity index (χ3n) is 5.26. The van der Waals surface area contributed by atoms with E-state index >= 15 is 0 Å². The quantitative estimate of drug-likeness (QED) is 0.562. The molecule has 0 spiro atoms. The van der Waals surface area contributed by atoms with E-state index in [1.54, 1.807) is 25.4 Å². The van der Waals surface area contributed by atoms with E-state index in [2.05, 4.69) is 31.2 Å². The van der Waals surface area contributed by atoms with Crippen LogP contribution in [0.15, 0.2) is 51.9 Å². The van der Waals surface area contributed by atoms with E-state index in [-0.39, 0.29) is 22.8 Å². The summed E-state index contributed by atoms with van der Waals surface area (Å²) in [5.74, 6) is 0.423. The van der Waals surface area contributed by atoms with Crippen molar-refractivity contribution >= 4 is 21.8 Å². The molecule has 3 aromatic rings. The van der Waals surface area contributed by atoms with Crippen molar-refractivity contribution in [2.45, 2.75) is 24.7 Å². The molecule has 0 atom stereocenters. The molecule has 8 heteroatoms. The fraction of sp³-hybridized carbons (Fsp3) is 0.286. The molecule has 0 saturated heterocycles. The summed E-state index contributed by atoms with van der Waals surface area (Å²) >= 11 is 3.43. The Bertz CT molecular complexity index is 1050. The Morgan fingerprint density at radius 1 is 1.34 bits per heavy atom. The number of aromatic nitrogens is 2. The van der Waals surface area contributed by atoms with Crippen molar-refractivity contribution in [1.82, 2.24) is 15.3 Å². The molecule has 1 aromatic carbocycles. The predicted molar refractivity (Wildman–Crippen MR) is 108 cm³/mol. The van der Waals surface area contributed by atoms with Crippen LogP contribution in [-0.4, -0.2) is 29.5 Å². The second kappa shape index (κ2) is 7.94. The first-order valence-corrected chi connectivity index (χ1v) is 9.98. The van der Waals surface area contributed by atoms with Gasteiger partial charge in [0.2, 0.25) is 0 Å². The standard InChI is InChI=1S/C21H19BrFN3O3/c1-28-17-3-2-13(8-16(17)22)19-18(26-12-29-19)20(27)25-7-6-21(4-5-21)14-9-15(23)11-24-10-14/h2-3,8-12H,4-7H2,1H3,(H,25,27). The Hall–Kier alpha value is -2.74. The van der Waals surface area contributed by atoms with Crippen molar-refractivity contribution in [3.63, 3.8) is 0 Å². The average Bonchev–Trinajstić information content (AvgIpc) is 3.34. The van der Waals surface area contributed by atoms with Gasteiger partial charge in [-0.15, -0.1) is 0 Å². The van der Waals surface area contributed by atoms with Gasteiger partial charge < -0.3 is 14.5 Å². The summed E-state index contributed by atoms with van der Waals surface area (Å²) in [4.78, 5) is 20.7. The topological polar surface area (TPSA) is 77.2 Å². The molecule has 2 aromatic heterocycles. The first-order valence-electron chi connectivity index (χ1n) is 9.19. The number of nitrogens with zero attached hydrogens (tertiary/aromatic N) is 2.